The van der Waals surface area contributed by atoms with Gasteiger partial charge in [-0.1, -0.05) is 12.1 Å². The van der Waals surface area contributed by atoms with Crippen LogP contribution in [0.1, 0.15) is 11.1 Å². The summed E-state index contributed by atoms with van der Waals surface area (Å²) in [5, 5.41) is 0. The van der Waals surface area contributed by atoms with Gasteiger partial charge in [0.25, 0.3) is 0 Å². The van der Waals surface area contributed by atoms with E-state index in [0.717, 1.165) is 6.42 Å². The Bertz CT molecular complexity index is 449. The summed E-state index contributed by atoms with van der Waals surface area (Å²) >= 11 is 0. The van der Waals surface area contributed by atoms with Crippen LogP contribution in [0.4, 0.5) is 5.69 Å². The third-order valence-corrected chi connectivity index (χ3v) is 2.58. The van der Waals surface area contributed by atoms with E-state index in [-0.39, 0.29) is 0 Å². The van der Waals surface area contributed by atoms with Crippen molar-refractivity contribution in [3.8, 4) is 0 Å². The van der Waals surface area contributed by atoms with E-state index in [9.17, 15) is 0 Å². The van der Waals surface area contributed by atoms with Crippen LogP contribution in [0.3, 0.4) is 0 Å². The molecule has 0 aliphatic heterocycles. The van der Waals surface area contributed by atoms with Crippen LogP contribution >= 0.6 is 0 Å². The van der Waals surface area contributed by atoms with Crippen LogP contribution in [0.2, 0.25) is 0 Å². The van der Waals surface area contributed by atoms with Crippen LogP contribution in [-0.2, 0) is 6.42 Å². The molecule has 82 valence electrons. The topological polar surface area (TPSA) is 16.1 Å². The molecule has 0 aliphatic rings. The SMILES string of the molecule is CN(C)c1cccc(Cc2ccncc2)c1. The van der Waals surface area contributed by atoms with Crippen molar-refractivity contribution >= 4 is 5.69 Å². The molecule has 0 spiro atoms. The van der Waals surface area contributed by atoms with Gasteiger partial charge in [0.05, 0.1) is 0 Å². The maximum atomic E-state index is 4.02. The molecule has 0 N–H and O–H groups in total. The Labute approximate surface area is 96.6 Å². The van der Waals surface area contributed by atoms with Crippen LogP contribution < -0.4 is 4.90 Å². The van der Waals surface area contributed by atoms with Crippen LogP contribution in [0.5, 0.6) is 0 Å². The molecule has 2 nitrogen and oxygen atoms in total. The fourth-order valence-electron chi connectivity index (χ4n) is 1.68. The predicted molar refractivity (Wildman–Crippen MR) is 67.8 cm³/mol. The number of hydrogen-bond acceptors (Lipinski definition) is 2. The molecule has 0 amide bonds. The third-order valence-electron chi connectivity index (χ3n) is 2.58. The van der Waals surface area contributed by atoms with Gasteiger partial charge in [-0.15, -0.1) is 0 Å². The summed E-state index contributed by atoms with van der Waals surface area (Å²) in [7, 11) is 4.12. The molecule has 0 unspecified atom stereocenters. The van der Waals surface area contributed by atoms with Crippen LogP contribution in [-0.4, -0.2) is 19.1 Å². The molecular formula is C14H16N2. The van der Waals surface area contributed by atoms with Gasteiger partial charge in [0.1, 0.15) is 0 Å². The van der Waals surface area contributed by atoms with Gasteiger partial charge in [-0.3, -0.25) is 4.98 Å². The zero-order valence-corrected chi connectivity index (χ0v) is 9.72. The first-order chi connectivity index (χ1) is 7.75. The van der Waals surface area contributed by atoms with E-state index in [1.165, 1.54) is 16.8 Å². The Hall–Kier alpha value is -1.83. The molecule has 0 aliphatic carbocycles. The molecule has 2 rings (SSSR count). The van der Waals surface area contributed by atoms with Gasteiger partial charge in [-0.25, -0.2) is 0 Å². The van der Waals surface area contributed by atoms with Gasteiger partial charge < -0.3 is 4.90 Å². The minimum atomic E-state index is 0.962. The summed E-state index contributed by atoms with van der Waals surface area (Å²) in [5.41, 5.74) is 3.87. The zero-order valence-electron chi connectivity index (χ0n) is 9.72. The molecule has 0 atom stereocenters. The highest BCUT2D eigenvalue weighted by Gasteiger charge is 1.99. The lowest BCUT2D eigenvalue weighted by atomic mass is 10.1. The molecule has 1 aromatic carbocycles. The van der Waals surface area contributed by atoms with E-state index in [2.05, 4.69) is 60.4 Å². The Morgan fingerprint density at radius 3 is 2.44 bits per heavy atom. The molecule has 2 heteroatoms. The van der Waals surface area contributed by atoms with Gasteiger partial charge in [0, 0.05) is 32.2 Å². The highest BCUT2D eigenvalue weighted by molar-refractivity contribution is 5.47. The van der Waals surface area contributed by atoms with Crippen LogP contribution in [0.25, 0.3) is 0 Å². The number of anilines is 1. The van der Waals surface area contributed by atoms with Crippen molar-refractivity contribution in [1.29, 1.82) is 0 Å². The van der Waals surface area contributed by atoms with Crippen molar-refractivity contribution in [3.63, 3.8) is 0 Å². The Balaban J connectivity index is 2.19. The Morgan fingerprint density at radius 2 is 1.75 bits per heavy atom. The molecule has 0 radical (unpaired) electrons. The van der Waals surface area contributed by atoms with Gasteiger partial charge in [-0.2, -0.15) is 0 Å². The number of aromatic nitrogens is 1. The maximum absolute atomic E-state index is 4.02. The van der Waals surface area contributed by atoms with Gasteiger partial charge in [-0.05, 0) is 41.8 Å². The lowest BCUT2D eigenvalue weighted by molar-refractivity contribution is 1.11. The van der Waals surface area contributed by atoms with Crippen molar-refractivity contribution in [3.05, 3.63) is 59.9 Å². The highest BCUT2D eigenvalue weighted by Crippen LogP contribution is 2.16. The molecule has 16 heavy (non-hydrogen) atoms. The monoisotopic (exact) mass is 212 g/mol. The minimum Gasteiger partial charge on any atom is -0.378 e. The van der Waals surface area contributed by atoms with E-state index >= 15 is 0 Å². The summed E-state index contributed by atoms with van der Waals surface area (Å²) in [5.74, 6) is 0. The summed E-state index contributed by atoms with van der Waals surface area (Å²) in [6, 6.07) is 12.7. The Morgan fingerprint density at radius 1 is 1.00 bits per heavy atom. The largest absolute Gasteiger partial charge is 0.378 e. The fraction of sp³-hybridized carbons (Fsp3) is 0.214. The predicted octanol–water partition coefficient (Wildman–Crippen LogP) is 2.74. The van der Waals surface area contributed by atoms with Crippen molar-refractivity contribution in [2.75, 3.05) is 19.0 Å². The van der Waals surface area contributed by atoms with Crippen LogP contribution in [0, 0.1) is 0 Å². The standard InChI is InChI=1S/C14H16N2/c1-16(2)14-5-3-4-13(11-14)10-12-6-8-15-9-7-12/h3-9,11H,10H2,1-2H3. The van der Waals surface area contributed by atoms with Crippen LogP contribution in [0.15, 0.2) is 48.8 Å². The van der Waals surface area contributed by atoms with E-state index in [1.54, 1.807) is 0 Å². The summed E-state index contributed by atoms with van der Waals surface area (Å²) in [6.45, 7) is 0. The molecule has 1 heterocycles. The number of pyridine rings is 1. The van der Waals surface area contributed by atoms with E-state index in [0.29, 0.717) is 0 Å². The maximum Gasteiger partial charge on any atom is 0.0363 e. The second-order valence-electron chi connectivity index (χ2n) is 4.10. The molecule has 1 aromatic heterocycles. The van der Waals surface area contributed by atoms with Gasteiger partial charge in [0.2, 0.25) is 0 Å². The van der Waals surface area contributed by atoms with Crippen molar-refractivity contribution < 1.29 is 0 Å². The molecule has 0 saturated carbocycles. The average Bonchev–Trinajstić information content (AvgIpc) is 2.30. The Kier molecular flexibility index (Phi) is 3.20. The number of rotatable bonds is 3. The van der Waals surface area contributed by atoms with Gasteiger partial charge in [0.15, 0.2) is 0 Å². The van der Waals surface area contributed by atoms with E-state index in [1.807, 2.05) is 12.4 Å². The second kappa shape index (κ2) is 4.79. The average molecular weight is 212 g/mol. The smallest absolute Gasteiger partial charge is 0.0363 e. The minimum absolute atomic E-state index is 0.962. The number of hydrogen-bond donors (Lipinski definition) is 0. The lowest BCUT2D eigenvalue weighted by Gasteiger charge is -2.13. The summed E-state index contributed by atoms with van der Waals surface area (Å²) in [6.07, 6.45) is 4.64. The molecule has 2 aromatic rings. The zero-order chi connectivity index (χ0) is 11.4. The molecule has 0 saturated heterocycles. The molecular weight excluding hydrogens is 196 g/mol. The molecule has 0 fully saturated rings. The summed E-state index contributed by atoms with van der Waals surface area (Å²) in [4.78, 5) is 6.15. The van der Waals surface area contributed by atoms with Gasteiger partial charge >= 0.3 is 0 Å². The quantitative estimate of drug-likeness (QED) is 0.777. The normalized spacial score (nSPS) is 10.1. The highest BCUT2D eigenvalue weighted by atomic mass is 15.1. The molecule has 0 bridgehead atoms. The van der Waals surface area contributed by atoms with E-state index in [4.69, 9.17) is 0 Å². The van der Waals surface area contributed by atoms with Crippen molar-refractivity contribution in [2.45, 2.75) is 6.42 Å². The number of nitrogens with zero attached hydrogens (tertiary/aromatic N) is 2. The first kappa shape index (κ1) is 10.7. The first-order valence-corrected chi connectivity index (χ1v) is 5.41. The number of benzene rings is 1. The fourth-order valence-corrected chi connectivity index (χ4v) is 1.68. The summed E-state index contributed by atoms with van der Waals surface area (Å²) < 4.78 is 0. The van der Waals surface area contributed by atoms with Crippen molar-refractivity contribution in [1.82, 2.24) is 4.98 Å². The van der Waals surface area contributed by atoms with Crippen molar-refractivity contribution in [2.24, 2.45) is 0 Å². The second-order valence-corrected chi connectivity index (χ2v) is 4.10. The lowest BCUT2D eigenvalue weighted by Crippen LogP contribution is -2.08. The third kappa shape index (κ3) is 2.60. The van der Waals surface area contributed by atoms with E-state index < -0.39 is 0 Å². The first-order valence-electron chi connectivity index (χ1n) is 5.41.